The fraction of sp³-hybridized carbons (Fsp3) is 0.222. The maximum Gasteiger partial charge on any atom is 0.452 e. The van der Waals surface area contributed by atoms with Crippen molar-refractivity contribution in [2.24, 2.45) is 0 Å². The quantitative estimate of drug-likeness (QED) is 0.508. The van der Waals surface area contributed by atoms with Gasteiger partial charge in [-0.15, -0.1) is 4.94 Å². The smallest absolute Gasteiger partial charge is 0.452 e. The lowest BCUT2D eigenvalue weighted by atomic mass is 10.2. The van der Waals surface area contributed by atoms with E-state index in [1.807, 2.05) is 4.94 Å². The van der Waals surface area contributed by atoms with Gasteiger partial charge in [-0.1, -0.05) is 22.7 Å². The normalized spacial score (nSPS) is 14.9. The Balaban J connectivity index is 3.26. The minimum absolute atomic E-state index is 0.811. The first-order valence-corrected chi connectivity index (χ1v) is 4.38. The van der Waals surface area contributed by atoms with E-state index in [0.717, 1.165) is 24.3 Å². The Morgan fingerprint density at radius 1 is 1.22 bits per heavy atom. The standard InChI is InChI=1S/C9H6F5NO3/c10-8(7(16)17,9(11,12)18-14)15(13)6-4-2-1-3-5-6/h1-5H,(H,16,17)/t8-/m1/s1. The van der Waals surface area contributed by atoms with Crippen molar-refractivity contribution in [3.8, 4) is 0 Å². The Kier molecular flexibility index (Phi) is 3.75. The zero-order valence-corrected chi connectivity index (χ0v) is 8.49. The number of aliphatic carboxylic acids is 1. The summed E-state index contributed by atoms with van der Waals surface area (Å²) in [5, 5.41) is 6.93. The molecule has 0 bridgehead atoms. The number of hydrogen-bond acceptors (Lipinski definition) is 3. The lowest BCUT2D eigenvalue weighted by Crippen LogP contribution is -2.60. The van der Waals surface area contributed by atoms with Crippen LogP contribution < -0.4 is 5.12 Å². The van der Waals surface area contributed by atoms with E-state index in [0.29, 0.717) is 0 Å². The minimum atomic E-state index is -5.54. The second-order valence-corrected chi connectivity index (χ2v) is 3.14. The van der Waals surface area contributed by atoms with Gasteiger partial charge in [0.2, 0.25) is 0 Å². The number of carbonyl (C=O) groups is 1. The predicted molar refractivity (Wildman–Crippen MR) is 48.6 cm³/mol. The van der Waals surface area contributed by atoms with E-state index in [9.17, 15) is 27.0 Å². The van der Waals surface area contributed by atoms with Crippen LogP contribution >= 0.6 is 0 Å². The largest absolute Gasteiger partial charge is 0.477 e. The summed E-state index contributed by atoms with van der Waals surface area (Å²) in [4.78, 5) is 12.4. The van der Waals surface area contributed by atoms with Crippen LogP contribution in [0.1, 0.15) is 0 Å². The van der Waals surface area contributed by atoms with Gasteiger partial charge in [0.1, 0.15) is 0 Å². The molecule has 0 aliphatic rings. The molecular formula is C9H6F5NO3. The molecule has 0 heterocycles. The third-order valence-corrected chi connectivity index (χ3v) is 2.02. The topological polar surface area (TPSA) is 49.8 Å². The van der Waals surface area contributed by atoms with Crippen LogP contribution in [0, 0.1) is 0 Å². The van der Waals surface area contributed by atoms with Crippen LogP contribution in [0.3, 0.4) is 0 Å². The third kappa shape index (κ3) is 2.08. The molecule has 9 heteroatoms. The average molecular weight is 271 g/mol. The van der Waals surface area contributed by atoms with Crippen molar-refractivity contribution in [2.45, 2.75) is 11.9 Å². The van der Waals surface area contributed by atoms with E-state index in [1.54, 1.807) is 0 Å². The molecule has 0 fully saturated rings. The van der Waals surface area contributed by atoms with Crippen LogP contribution in [0.25, 0.3) is 0 Å². The number of halogens is 5. The van der Waals surface area contributed by atoms with Crippen LogP contribution in [-0.4, -0.2) is 23.0 Å². The summed E-state index contributed by atoms with van der Waals surface area (Å²) in [5.74, 6) is -7.99. The maximum atomic E-state index is 13.6. The Hall–Kier alpha value is -1.90. The van der Waals surface area contributed by atoms with Crippen LogP contribution in [0.5, 0.6) is 0 Å². The summed E-state index contributed by atoms with van der Waals surface area (Å²) in [6.45, 7) is 0. The molecule has 0 radical (unpaired) electrons. The van der Waals surface area contributed by atoms with Crippen molar-refractivity contribution < 1.29 is 37.0 Å². The zero-order chi connectivity index (χ0) is 14.0. The van der Waals surface area contributed by atoms with E-state index in [1.165, 1.54) is 6.07 Å². The van der Waals surface area contributed by atoms with E-state index >= 15 is 0 Å². The monoisotopic (exact) mass is 271 g/mol. The molecule has 4 nitrogen and oxygen atoms in total. The lowest BCUT2D eigenvalue weighted by molar-refractivity contribution is -0.396. The summed E-state index contributed by atoms with van der Waals surface area (Å²) in [6, 6.07) is 5.25. The number of hydrogen-bond donors (Lipinski definition) is 1. The van der Waals surface area contributed by atoms with Crippen molar-refractivity contribution in [2.75, 3.05) is 5.12 Å². The van der Waals surface area contributed by atoms with Crippen LogP contribution in [-0.2, 0) is 9.74 Å². The Labute approximate surface area is 97.0 Å². The SMILES string of the molecule is O=C(O)[C@@](F)(N(F)c1ccccc1)C(F)(F)OF. The van der Waals surface area contributed by atoms with E-state index < -0.39 is 28.7 Å². The summed E-state index contributed by atoms with van der Waals surface area (Å²) in [5.41, 5.74) is -0.848. The Morgan fingerprint density at radius 3 is 2.11 bits per heavy atom. The molecule has 0 unspecified atom stereocenters. The first-order chi connectivity index (χ1) is 8.27. The highest BCUT2D eigenvalue weighted by atomic mass is 19.4. The van der Waals surface area contributed by atoms with Gasteiger partial charge in [-0.2, -0.15) is 18.3 Å². The molecule has 0 aromatic heterocycles. The molecular weight excluding hydrogens is 265 g/mol. The first-order valence-electron chi connectivity index (χ1n) is 4.38. The summed E-state index contributed by atoms with van der Waals surface area (Å²) in [6.07, 6.45) is -5.54. The predicted octanol–water partition coefficient (Wildman–Crippen LogP) is 2.62. The Bertz CT molecular complexity index is 429. The van der Waals surface area contributed by atoms with Crippen molar-refractivity contribution in [3.05, 3.63) is 30.3 Å². The maximum absolute atomic E-state index is 13.6. The van der Waals surface area contributed by atoms with Gasteiger partial charge in [0.25, 0.3) is 0 Å². The highest BCUT2D eigenvalue weighted by molar-refractivity contribution is 5.82. The molecule has 1 aromatic rings. The molecule has 1 N–H and O–H groups in total. The summed E-state index contributed by atoms with van der Waals surface area (Å²) >= 11 is 0. The molecule has 0 amide bonds. The zero-order valence-electron chi connectivity index (χ0n) is 8.49. The molecule has 0 aliphatic carbocycles. The van der Waals surface area contributed by atoms with Gasteiger partial charge in [0.05, 0.1) is 5.69 Å². The molecule has 0 aliphatic heterocycles. The molecule has 1 rings (SSSR count). The number of carboxylic acid groups (broad SMARTS) is 1. The number of alkyl halides is 3. The highest BCUT2D eigenvalue weighted by Crippen LogP contribution is 2.40. The molecule has 18 heavy (non-hydrogen) atoms. The number of para-hydroxylation sites is 1. The second-order valence-electron chi connectivity index (χ2n) is 3.14. The third-order valence-electron chi connectivity index (χ3n) is 2.02. The van der Waals surface area contributed by atoms with Gasteiger partial charge < -0.3 is 5.11 Å². The highest BCUT2D eigenvalue weighted by Gasteiger charge is 2.69. The number of rotatable bonds is 5. The number of benzene rings is 1. The summed E-state index contributed by atoms with van der Waals surface area (Å²) < 4.78 is 64.1. The molecule has 1 atom stereocenters. The number of anilines is 1. The van der Waals surface area contributed by atoms with Crippen LogP contribution in [0.15, 0.2) is 30.3 Å². The fourth-order valence-electron chi connectivity index (χ4n) is 1.11. The van der Waals surface area contributed by atoms with Crippen molar-refractivity contribution in [1.29, 1.82) is 0 Å². The van der Waals surface area contributed by atoms with Gasteiger partial charge in [-0.3, -0.25) is 0 Å². The van der Waals surface area contributed by atoms with Gasteiger partial charge in [0.15, 0.2) is 0 Å². The molecule has 1 aromatic carbocycles. The fourth-order valence-corrected chi connectivity index (χ4v) is 1.11. The van der Waals surface area contributed by atoms with Crippen molar-refractivity contribution in [1.82, 2.24) is 0 Å². The number of carboxylic acids is 1. The van der Waals surface area contributed by atoms with Gasteiger partial charge in [0, 0.05) is 0 Å². The minimum Gasteiger partial charge on any atom is -0.477 e. The summed E-state index contributed by atoms with van der Waals surface area (Å²) in [7, 11) is 0. The molecule has 100 valence electrons. The molecule has 0 spiro atoms. The van der Waals surface area contributed by atoms with Gasteiger partial charge in [-0.05, 0) is 16.7 Å². The van der Waals surface area contributed by atoms with Crippen LogP contribution in [0.4, 0.5) is 27.9 Å². The Morgan fingerprint density at radius 2 is 1.72 bits per heavy atom. The van der Waals surface area contributed by atoms with Gasteiger partial charge >= 0.3 is 17.9 Å². The van der Waals surface area contributed by atoms with Gasteiger partial charge in [-0.25, -0.2) is 4.79 Å². The number of nitrogens with zero attached hydrogens (tertiary/aromatic N) is 1. The first kappa shape index (κ1) is 14.2. The average Bonchev–Trinajstić information content (AvgIpc) is 2.37. The van der Waals surface area contributed by atoms with Crippen molar-refractivity contribution >= 4 is 11.7 Å². The van der Waals surface area contributed by atoms with Crippen molar-refractivity contribution in [3.63, 3.8) is 0 Å². The lowest BCUT2D eigenvalue weighted by Gasteiger charge is -2.31. The van der Waals surface area contributed by atoms with Crippen LogP contribution in [0.2, 0.25) is 0 Å². The molecule has 0 saturated carbocycles. The second kappa shape index (κ2) is 4.77. The molecule has 0 saturated heterocycles. The van der Waals surface area contributed by atoms with E-state index in [4.69, 9.17) is 5.11 Å². The van der Waals surface area contributed by atoms with E-state index in [-0.39, 0.29) is 0 Å². The van der Waals surface area contributed by atoms with E-state index in [2.05, 4.69) is 0 Å².